The van der Waals surface area contributed by atoms with Crippen LogP contribution >= 0.6 is 0 Å². The van der Waals surface area contributed by atoms with Crippen molar-refractivity contribution in [3.63, 3.8) is 0 Å². The van der Waals surface area contributed by atoms with Crippen LogP contribution < -0.4 is 9.62 Å². The molecule has 1 saturated carbocycles. The minimum absolute atomic E-state index is 0.0130. The molecule has 1 aliphatic carbocycles. The summed E-state index contributed by atoms with van der Waals surface area (Å²) >= 11 is 0. The predicted molar refractivity (Wildman–Crippen MR) is 138 cm³/mol. The first kappa shape index (κ1) is 24.9. The molecule has 1 aromatic heterocycles. The van der Waals surface area contributed by atoms with Gasteiger partial charge in [-0.15, -0.1) is 0 Å². The van der Waals surface area contributed by atoms with E-state index < -0.39 is 11.0 Å². The van der Waals surface area contributed by atoms with Gasteiger partial charge in [0.15, 0.2) is 0 Å². The molecule has 1 aromatic carbocycles. The highest BCUT2D eigenvalue weighted by Gasteiger charge is 2.33. The van der Waals surface area contributed by atoms with Crippen molar-refractivity contribution in [3.8, 4) is 17.2 Å². The minimum atomic E-state index is -1.37. The standard InChI is InChI=1S/C26H31N5O3S/c1-4-35(33)29-22-7-5-6-20(14-22)23-15-21(16-27)26(28-25(23)19-8-9-19)30-11-12-31(18(2)17-30)24(32)10-13-34-3/h4-7,14-15,18-19,29H,1,8-13,17H2,2-3H3. The Morgan fingerprint density at radius 3 is 2.83 bits per heavy atom. The van der Waals surface area contributed by atoms with E-state index in [2.05, 4.69) is 22.3 Å². The summed E-state index contributed by atoms with van der Waals surface area (Å²) in [5.41, 5.74) is 4.09. The number of hydrogen-bond acceptors (Lipinski definition) is 6. The Morgan fingerprint density at radius 2 is 2.17 bits per heavy atom. The topological polar surface area (TPSA) is 98.6 Å². The lowest BCUT2D eigenvalue weighted by Gasteiger charge is -2.41. The molecule has 0 bridgehead atoms. The quantitative estimate of drug-likeness (QED) is 0.571. The van der Waals surface area contributed by atoms with Gasteiger partial charge in [-0.25, -0.2) is 9.19 Å². The number of piperazine rings is 1. The molecule has 2 unspecified atom stereocenters. The fourth-order valence-electron chi connectivity index (χ4n) is 4.50. The van der Waals surface area contributed by atoms with Crippen molar-refractivity contribution in [3.05, 3.63) is 53.6 Å². The molecule has 2 atom stereocenters. The van der Waals surface area contributed by atoms with Crippen molar-refractivity contribution in [2.45, 2.75) is 38.1 Å². The molecule has 1 amide bonds. The third kappa shape index (κ3) is 5.72. The number of nitrogens with zero attached hydrogens (tertiary/aromatic N) is 4. The third-order valence-electron chi connectivity index (χ3n) is 6.43. The van der Waals surface area contributed by atoms with Gasteiger partial charge in [0.25, 0.3) is 0 Å². The molecule has 184 valence electrons. The van der Waals surface area contributed by atoms with Gasteiger partial charge in [0.05, 0.1) is 24.3 Å². The number of anilines is 2. The van der Waals surface area contributed by atoms with Crippen LogP contribution in [-0.2, 0) is 20.5 Å². The number of aromatic nitrogens is 1. The number of carbonyl (C=O) groups excluding carboxylic acids is 1. The highest BCUT2D eigenvalue weighted by molar-refractivity contribution is 7.89. The summed E-state index contributed by atoms with van der Waals surface area (Å²) in [6.07, 6.45) is 2.52. The highest BCUT2D eigenvalue weighted by atomic mass is 32.2. The molecule has 1 N–H and O–H groups in total. The zero-order valence-electron chi connectivity index (χ0n) is 20.2. The average molecular weight is 494 g/mol. The Labute approximate surface area is 209 Å². The van der Waals surface area contributed by atoms with E-state index in [1.54, 1.807) is 7.11 Å². The Balaban J connectivity index is 1.63. The van der Waals surface area contributed by atoms with Gasteiger partial charge >= 0.3 is 0 Å². The molecule has 35 heavy (non-hydrogen) atoms. The molecule has 0 spiro atoms. The number of hydrogen-bond donors (Lipinski definition) is 1. The smallest absolute Gasteiger partial charge is 0.225 e. The number of benzene rings is 1. The fraction of sp³-hybridized carbons (Fsp3) is 0.423. The lowest BCUT2D eigenvalue weighted by molar-refractivity contribution is -0.134. The lowest BCUT2D eigenvalue weighted by atomic mass is 9.98. The maximum atomic E-state index is 12.5. The van der Waals surface area contributed by atoms with Crippen LogP contribution in [0, 0.1) is 11.3 Å². The number of ether oxygens (including phenoxy) is 1. The zero-order chi connectivity index (χ0) is 24.9. The molecule has 1 aliphatic heterocycles. The second kappa shape index (κ2) is 11.0. The number of methoxy groups -OCH3 is 1. The van der Waals surface area contributed by atoms with Crippen LogP contribution in [0.15, 0.2) is 42.3 Å². The second-order valence-electron chi connectivity index (χ2n) is 8.95. The molecule has 0 radical (unpaired) electrons. The van der Waals surface area contributed by atoms with E-state index in [-0.39, 0.29) is 11.9 Å². The number of amides is 1. The Hall–Kier alpha value is -3.22. The van der Waals surface area contributed by atoms with Crippen LogP contribution in [0.3, 0.4) is 0 Å². The lowest BCUT2D eigenvalue weighted by Crippen LogP contribution is -2.54. The Kier molecular flexibility index (Phi) is 7.83. The first-order valence-corrected chi connectivity index (χ1v) is 13.0. The first-order valence-electron chi connectivity index (χ1n) is 11.8. The van der Waals surface area contributed by atoms with Crippen molar-refractivity contribution in [2.75, 3.05) is 43.0 Å². The molecular formula is C26H31N5O3S. The number of pyridine rings is 1. The minimum Gasteiger partial charge on any atom is -0.384 e. The Bertz CT molecular complexity index is 1170. The van der Waals surface area contributed by atoms with Crippen LogP contribution in [0.4, 0.5) is 11.5 Å². The van der Waals surface area contributed by atoms with Crippen LogP contribution in [0.2, 0.25) is 0 Å². The Morgan fingerprint density at radius 1 is 1.37 bits per heavy atom. The number of rotatable bonds is 9. The van der Waals surface area contributed by atoms with Crippen molar-refractivity contribution in [2.24, 2.45) is 0 Å². The molecule has 2 aliphatic rings. The molecule has 4 rings (SSSR count). The third-order valence-corrected chi connectivity index (χ3v) is 7.17. The summed E-state index contributed by atoms with van der Waals surface area (Å²) < 4.78 is 19.8. The van der Waals surface area contributed by atoms with Gasteiger partial charge in [-0.05, 0) is 43.5 Å². The first-order chi connectivity index (χ1) is 16.9. The number of nitrogens with one attached hydrogen (secondary N) is 1. The SMILES string of the molecule is C=CS(=O)Nc1cccc(-c2cc(C#N)c(N3CCN(C(=O)CCOC)C(C)C3)nc2C2CC2)c1. The van der Waals surface area contributed by atoms with Crippen molar-refractivity contribution >= 4 is 28.4 Å². The maximum Gasteiger partial charge on any atom is 0.225 e. The van der Waals surface area contributed by atoms with Gasteiger partial charge in [0.2, 0.25) is 5.91 Å². The number of nitriles is 1. The van der Waals surface area contributed by atoms with E-state index in [1.807, 2.05) is 42.2 Å². The van der Waals surface area contributed by atoms with E-state index in [1.165, 1.54) is 5.41 Å². The summed E-state index contributed by atoms with van der Waals surface area (Å²) in [6.45, 7) is 7.84. The normalized spacial score (nSPS) is 18.6. The molecule has 8 nitrogen and oxygen atoms in total. The van der Waals surface area contributed by atoms with Gasteiger partial charge in [0.1, 0.15) is 22.9 Å². The van der Waals surface area contributed by atoms with E-state index in [0.29, 0.717) is 55.6 Å². The van der Waals surface area contributed by atoms with Gasteiger partial charge in [-0.3, -0.25) is 4.79 Å². The van der Waals surface area contributed by atoms with Gasteiger partial charge in [-0.2, -0.15) is 5.26 Å². The van der Waals surface area contributed by atoms with Crippen LogP contribution in [0.5, 0.6) is 0 Å². The molecule has 2 aromatic rings. The highest BCUT2D eigenvalue weighted by Crippen LogP contribution is 2.45. The van der Waals surface area contributed by atoms with E-state index in [4.69, 9.17) is 9.72 Å². The summed E-state index contributed by atoms with van der Waals surface area (Å²) in [4.78, 5) is 21.6. The molecule has 2 fully saturated rings. The van der Waals surface area contributed by atoms with Gasteiger partial charge < -0.3 is 19.3 Å². The van der Waals surface area contributed by atoms with Crippen LogP contribution in [-0.4, -0.2) is 59.4 Å². The summed E-state index contributed by atoms with van der Waals surface area (Å²) in [5.74, 6) is 1.15. The van der Waals surface area contributed by atoms with Crippen molar-refractivity contribution in [1.82, 2.24) is 9.88 Å². The van der Waals surface area contributed by atoms with Crippen molar-refractivity contribution in [1.29, 1.82) is 5.26 Å². The molecule has 9 heteroatoms. The van der Waals surface area contributed by atoms with Crippen molar-refractivity contribution < 1.29 is 13.7 Å². The van der Waals surface area contributed by atoms with E-state index >= 15 is 0 Å². The largest absolute Gasteiger partial charge is 0.384 e. The van der Waals surface area contributed by atoms with Gasteiger partial charge in [0, 0.05) is 55.4 Å². The monoisotopic (exact) mass is 493 g/mol. The summed E-state index contributed by atoms with van der Waals surface area (Å²) in [6, 6.07) is 11.9. The molecule has 1 saturated heterocycles. The average Bonchev–Trinajstić information content (AvgIpc) is 3.72. The molecule has 2 heterocycles. The molecular weight excluding hydrogens is 462 g/mol. The zero-order valence-corrected chi connectivity index (χ0v) is 21.0. The predicted octanol–water partition coefficient (Wildman–Crippen LogP) is 3.79. The summed E-state index contributed by atoms with van der Waals surface area (Å²) in [5, 5.41) is 11.4. The summed E-state index contributed by atoms with van der Waals surface area (Å²) in [7, 11) is 0.232. The van der Waals surface area contributed by atoms with Crippen LogP contribution in [0.25, 0.3) is 11.1 Å². The van der Waals surface area contributed by atoms with Crippen LogP contribution in [0.1, 0.15) is 43.4 Å². The second-order valence-corrected chi connectivity index (χ2v) is 10.1. The van der Waals surface area contributed by atoms with E-state index in [0.717, 1.165) is 29.7 Å². The number of carbonyl (C=O) groups is 1. The van der Waals surface area contributed by atoms with Gasteiger partial charge in [-0.1, -0.05) is 18.7 Å². The fourth-order valence-corrected chi connectivity index (χ4v) is 4.94. The van der Waals surface area contributed by atoms with E-state index in [9.17, 15) is 14.3 Å². The maximum absolute atomic E-state index is 12.5.